The van der Waals surface area contributed by atoms with Gasteiger partial charge in [0.15, 0.2) is 12.2 Å². The molecular formula is C79H142O17P2. The monoisotopic (exact) mass is 1420 g/mol. The van der Waals surface area contributed by atoms with E-state index in [0.29, 0.717) is 32.1 Å². The summed E-state index contributed by atoms with van der Waals surface area (Å²) in [6.07, 6.45) is 71.8. The van der Waals surface area contributed by atoms with Gasteiger partial charge in [0.05, 0.1) is 26.4 Å². The van der Waals surface area contributed by atoms with Crippen LogP contribution in [0.3, 0.4) is 0 Å². The standard InChI is InChI=1S/C79H142O17P2/c1-5-9-13-17-21-25-29-33-35-36-38-42-46-50-54-58-62-66-79(84)96-75(70-90-77(82)64-60-56-52-48-44-41-37-34-30-26-22-18-14-10-6-2)72-94-98(87,88)92-68-73(80)67-91-97(85,86)93-71-74(95-78(83)65-61-57-53-49-45-40-32-28-24-20-16-12-8-4)69-89-76(81)63-59-55-51-47-43-39-31-27-23-19-15-11-7-3/h21,25,27,31,33-35,37-38,42,50,54,73-75,80H,5-20,22-24,26,28-30,32,36,39-41,43-49,51-53,55-72H2,1-4H3,(H,85,86)(H,87,88)/b25-21-,31-27-,35-33-,37-34-,42-38-,54-50-/t73-,74+,75+/m0/s1. The molecule has 0 heterocycles. The molecule has 0 aromatic rings. The quantitative estimate of drug-likeness (QED) is 0.0169. The van der Waals surface area contributed by atoms with Crippen LogP contribution in [0.25, 0.3) is 0 Å². The zero-order chi connectivity index (χ0) is 71.8. The van der Waals surface area contributed by atoms with E-state index in [4.69, 9.17) is 37.0 Å². The third-order valence-electron chi connectivity index (χ3n) is 16.6. The largest absolute Gasteiger partial charge is 0.472 e. The van der Waals surface area contributed by atoms with Crippen LogP contribution in [0.5, 0.6) is 0 Å². The number of rotatable bonds is 74. The lowest BCUT2D eigenvalue weighted by Crippen LogP contribution is -2.30. The molecule has 0 amide bonds. The second-order valence-electron chi connectivity index (χ2n) is 26.3. The Morgan fingerprint density at radius 1 is 0.286 bits per heavy atom. The lowest BCUT2D eigenvalue weighted by atomic mass is 10.0. The third kappa shape index (κ3) is 70.9. The fraction of sp³-hybridized carbons (Fsp3) is 0.797. The molecule has 0 radical (unpaired) electrons. The molecule has 0 aliphatic rings. The van der Waals surface area contributed by atoms with Gasteiger partial charge in [0, 0.05) is 25.7 Å². The molecule has 0 spiro atoms. The molecule has 0 fully saturated rings. The van der Waals surface area contributed by atoms with Crippen LogP contribution in [0.1, 0.15) is 349 Å². The average molecular weight is 1430 g/mol. The first kappa shape index (κ1) is 94.5. The number of hydrogen-bond donors (Lipinski definition) is 3. The van der Waals surface area contributed by atoms with Crippen LogP contribution < -0.4 is 0 Å². The molecule has 0 aliphatic heterocycles. The smallest absolute Gasteiger partial charge is 0.462 e. The Kier molecular flexibility index (Phi) is 69.3. The van der Waals surface area contributed by atoms with Crippen molar-refractivity contribution in [1.29, 1.82) is 0 Å². The number of unbranched alkanes of at least 4 members (excludes halogenated alkanes) is 36. The minimum atomic E-state index is -4.99. The number of esters is 4. The van der Waals surface area contributed by atoms with Crippen LogP contribution in [-0.4, -0.2) is 96.7 Å². The van der Waals surface area contributed by atoms with E-state index >= 15 is 0 Å². The van der Waals surface area contributed by atoms with Crippen molar-refractivity contribution in [3.8, 4) is 0 Å². The van der Waals surface area contributed by atoms with Crippen molar-refractivity contribution in [3.63, 3.8) is 0 Å². The maximum Gasteiger partial charge on any atom is 0.472 e. The molecular weight excluding hydrogens is 1280 g/mol. The minimum Gasteiger partial charge on any atom is -0.462 e. The summed E-state index contributed by atoms with van der Waals surface area (Å²) in [5, 5.41) is 10.6. The molecule has 570 valence electrons. The average Bonchev–Trinajstić information content (AvgIpc) is 1.02. The summed E-state index contributed by atoms with van der Waals surface area (Å²) in [7, 11) is -9.96. The number of carbonyl (C=O) groups is 4. The highest BCUT2D eigenvalue weighted by atomic mass is 31.2. The van der Waals surface area contributed by atoms with Crippen LogP contribution in [-0.2, 0) is 65.4 Å². The maximum atomic E-state index is 13.1. The third-order valence-corrected chi connectivity index (χ3v) is 18.5. The summed E-state index contributed by atoms with van der Waals surface area (Å²) in [6.45, 7) is 4.79. The Bertz CT molecular complexity index is 2140. The number of aliphatic hydroxyl groups is 1. The fourth-order valence-corrected chi connectivity index (χ4v) is 12.2. The zero-order valence-electron chi connectivity index (χ0n) is 62.2. The molecule has 17 nitrogen and oxygen atoms in total. The predicted octanol–water partition coefficient (Wildman–Crippen LogP) is 22.4. The van der Waals surface area contributed by atoms with E-state index in [1.165, 1.54) is 135 Å². The van der Waals surface area contributed by atoms with Crippen LogP contribution in [0.15, 0.2) is 72.9 Å². The lowest BCUT2D eigenvalue weighted by molar-refractivity contribution is -0.161. The lowest BCUT2D eigenvalue weighted by Gasteiger charge is -2.21. The summed E-state index contributed by atoms with van der Waals surface area (Å²) in [5.74, 6) is -2.23. The number of carbonyl (C=O) groups excluding carboxylic acids is 4. The SMILES string of the molecule is CCCCC/C=C\C/C=C\C/C=C\C/C=C\CCCC(=O)O[C@H](COC(=O)CCCCCCC/C=C\CCCCCCCC)COP(=O)(O)OC[C@@H](O)COP(=O)(O)OC[C@@H](COC(=O)CCCCCCC/C=C\CCCCCC)OC(=O)CCCCCCCCCCCCCCC. The molecule has 19 heteroatoms. The van der Waals surface area contributed by atoms with Crippen molar-refractivity contribution in [1.82, 2.24) is 0 Å². The van der Waals surface area contributed by atoms with Gasteiger partial charge in [0.1, 0.15) is 19.3 Å². The van der Waals surface area contributed by atoms with Gasteiger partial charge in [-0.2, -0.15) is 0 Å². The second kappa shape index (κ2) is 71.9. The van der Waals surface area contributed by atoms with E-state index in [0.717, 1.165) is 128 Å². The molecule has 98 heavy (non-hydrogen) atoms. The fourth-order valence-electron chi connectivity index (χ4n) is 10.6. The molecule has 0 aliphatic carbocycles. The Balaban J connectivity index is 5.39. The van der Waals surface area contributed by atoms with Crippen LogP contribution in [0.2, 0.25) is 0 Å². The number of allylic oxidation sites excluding steroid dienone is 12. The summed E-state index contributed by atoms with van der Waals surface area (Å²) < 4.78 is 68.4. The van der Waals surface area contributed by atoms with Crippen molar-refractivity contribution in [2.75, 3.05) is 39.6 Å². The van der Waals surface area contributed by atoms with Gasteiger partial charge in [0.25, 0.3) is 0 Å². The number of phosphoric ester groups is 2. The molecule has 0 saturated carbocycles. The molecule has 3 N–H and O–H groups in total. The summed E-state index contributed by atoms with van der Waals surface area (Å²) in [4.78, 5) is 72.8. The van der Waals surface area contributed by atoms with Crippen molar-refractivity contribution < 1.29 is 80.2 Å². The van der Waals surface area contributed by atoms with Crippen LogP contribution >= 0.6 is 15.6 Å². The maximum absolute atomic E-state index is 13.1. The molecule has 0 saturated heterocycles. The Labute approximate surface area is 596 Å². The highest BCUT2D eigenvalue weighted by Gasteiger charge is 2.30. The molecule has 0 rings (SSSR count). The molecule has 0 aromatic heterocycles. The van der Waals surface area contributed by atoms with Gasteiger partial charge in [-0.15, -0.1) is 0 Å². The van der Waals surface area contributed by atoms with E-state index in [1.54, 1.807) is 0 Å². The Hall–Kier alpha value is -3.50. The predicted molar refractivity (Wildman–Crippen MR) is 400 cm³/mol. The summed E-state index contributed by atoms with van der Waals surface area (Å²) in [6, 6.07) is 0. The van der Waals surface area contributed by atoms with Gasteiger partial charge in [-0.05, 0) is 116 Å². The van der Waals surface area contributed by atoms with Crippen molar-refractivity contribution in [2.45, 2.75) is 367 Å². The first-order valence-electron chi connectivity index (χ1n) is 39.2. The number of hydrogen-bond acceptors (Lipinski definition) is 15. The molecule has 2 unspecified atom stereocenters. The molecule has 0 bridgehead atoms. The zero-order valence-corrected chi connectivity index (χ0v) is 64.0. The first-order chi connectivity index (χ1) is 47.7. The number of aliphatic hydroxyl groups excluding tert-OH is 1. The highest BCUT2D eigenvalue weighted by Crippen LogP contribution is 2.45. The summed E-state index contributed by atoms with van der Waals surface area (Å²) in [5.41, 5.74) is 0. The van der Waals surface area contributed by atoms with Crippen molar-refractivity contribution in [2.24, 2.45) is 0 Å². The van der Waals surface area contributed by atoms with E-state index in [2.05, 4.69) is 88.5 Å². The first-order valence-corrected chi connectivity index (χ1v) is 42.2. The number of phosphoric acid groups is 2. The van der Waals surface area contributed by atoms with Gasteiger partial charge in [-0.1, -0.05) is 280 Å². The van der Waals surface area contributed by atoms with Gasteiger partial charge >= 0.3 is 39.5 Å². The van der Waals surface area contributed by atoms with Gasteiger partial charge in [-0.25, -0.2) is 9.13 Å². The molecule has 0 aromatic carbocycles. The number of ether oxygens (including phenoxy) is 4. The topological polar surface area (TPSA) is 237 Å². The second-order valence-corrected chi connectivity index (χ2v) is 29.2. The van der Waals surface area contributed by atoms with E-state index < -0.39 is 97.5 Å². The van der Waals surface area contributed by atoms with E-state index in [9.17, 15) is 43.2 Å². The Morgan fingerprint density at radius 3 is 0.847 bits per heavy atom. The van der Waals surface area contributed by atoms with Crippen molar-refractivity contribution in [3.05, 3.63) is 72.9 Å². The van der Waals surface area contributed by atoms with Gasteiger partial charge < -0.3 is 33.8 Å². The summed E-state index contributed by atoms with van der Waals surface area (Å²) >= 11 is 0. The Morgan fingerprint density at radius 2 is 0.510 bits per heavy atom. The van der Waals surface area contributed by atoms with Gasteiger partial charge in [0.2, 0.25) is 0 Å². The van der Waals surface area contributed by atoms with Gasteiger partial charge in [-0.3, -0.25) is 37.3 Å². The van der Waals surface area contributed by atoms with Crippen LogP contribution in [0.4, 0.5) is 0 Å². The minimum absolute atomic E-state index is 0.0202. The molecule has 5 atom stereocenters. The normalized spacial score (nSPS) is 14.3. The highest BCUT2D eigenvalue weighted by molar-refractivity contribution is 7.47. The van der Waals surface area contributed by atoms with E-state index in [1.807, 2.05) is 12.2 Å². The van der Waals surface area contributed by atoms with Crippen LogP contribution in [0, 0.1) is 0 Å². The van der Waals surface area contributed by atoms with Crippen molar-refractivity contribution >= 4 is 39.5 Å². The van der Waals surface area contributed by atoms with E-state index in [-0.39, 0.29) is 25.7 Å².